The average molecular weight is 1130 g/mol. The molecule has 6 atom stereocenters. The van der Waals surface area contributed by atoms with Crippen molar-refractivity contribution in [2.75, 3.05) is 32.5 Å². The molecule has 19 heteroatoms. The largest absolute Gasteiger partial charge is 0.343 e. The van der Waals surface area contributed by atoms with Crippen LogP contribution in [0.5, 0.6) is 0 Å². The fourth-order valence-corrected chi connectivity index (χ4v) is 10.4. The average Bonchev–Trinajstić information content (AvgIpc) is 4.41. The minimum Gasteiger partial charge on any atom is -0.343 e. The van der Waals surface area contributed by atoms with Crippen LogP contribution in [0.2, 0.25) is 0 Å². The topological polar surface area (TPSA) is 229 Å². The zero-order valence-electron chi connectivity index (χ0n) is 47.0. The van der Waals surface area contributed by atoms with Gasteiger partial charge in [-0.1, -0.05) is 36.4 Å². The number of likely N-dealkylation sites (N-methyl/N-ethyl adjacent to an activating group) is 2. The molecule has 432 valence electrons. The summed E-state index contributed by atoms with van der Waals surface area (Å²) >= 11 is 0. The van der Waals surface area contributed by atoms with E-state index in [1.54, 1.807) is 86.5 Å². The minimum atomic E-state index is -0.942. The molecule has 2 aliphatic rings. The van der Waals surface area contributed by atoms with E-state index in [0.29, 0.717) is 84.3 Å². The van der Waals surface area contributed by atoms with Gasteiger partial charge in [0.1, 0.15) is 29.5 Å². The Labute approximate surface area is 481 Å². The highest BCUT2D eigenvalue weighted by Gasteiger charge is 2.38. The molecule has 0 unspecified atom stereocenters. The lowest BCUT2D eigenvalue weighted by Gasteiger charge is -2.30. The quantitative estimate of drug-likeness (QED) is 0.0361. The Hall–Kier alpha value is -8.68. The zero-order valence-corrected chi connectivity index (χ0v) is 47.0. The third-order valence-corrected chi connectivity index (χ3v) is 15.4. The number of carbonyl (C=O) groups excluding carboxylic acids is 8. The van der Waals surface area contributed by atoms with Crippen molar-refractivity contribution in [2.24, 2.45) is 0 Å². The number of carbonyl (C=O) groups is 8. The maximum atomic E-state index is 14.4. The summed E-state index contributed by atoms with van der Waals surface area (Å²) in [6, 6.07) is 24.4. The van der Waals surface area contributed by atoms with E-state index in [-0.39, 0.29) is 79.0 Å². The van der Waals surface area contributed by atoms with Crippen LogP contribution in [0.4, 0.5) is 14.5 Å². The number of benzene rings is 4. The molecule has 8 rings (SSSR count). The number of ketones is 3. The molecule has 0 radical (unpaired) electrons. The van der Waals surface area contributed by atoms with Gasteiger partial charge in [0.2, 0.25) is 29.5 Å². The standard InChI is InChI=1S/C64H69F2N9O8/c1-39(67-3)61(80)72-54(63(82)74-28-6-9-56(74)46-33-48(37-69-35-46)59(78)44-18-22-50(65)23-19-44)31-42-14-12-41(13-15-42)30-53(76)8-5-11-58(77)71-52-26-16-43(17-27-52)32-55(73-62(81)40(2)68-4)64(83)75-29-7-10-57(75)47-34-49(38-70-36-47)60(79)45-20-24-51(66)25-21-45/h12-27,33-40,54-57,67-68H,5-11,28-32H2,1-4H3,(H,71,77)(H,72,80)(H,73,81)/t39-,40-,54-,55-,56-,57-/m0/s1. The van der Waals surface area contributed by atoms with Crippen molar-refractivity contribution >= 4 is 52.6 Å². The van der Waals surface area contributed by atoms with E-state index in [1.807, 2.05) is 24.3 Å². The molecular formula is C64H69F2N9O8. The number of amides is 5. The number of aromatic nitrogens is 2. The molecule has 0 bridgehead atoms. The highest BCUT2D eigenvalue weighted by molar-refractivity contribution is 6.09. The summed E-state index contributed by atoms with van der Waals surface area (Å²) < 4.78 is 27.2. The molecule has 5 amide bonds. The molecule has 2 saturated heterocycles. The van der Waals surface area contributed by atoms with Crippen LogP contribution < -0.4 is 26.6 Å². The third-order valence-electron chi connectivity index (χ3n) is 15.4. The molecule has 17 nitrogen and oxygen atoms in total. The van der Waals surface area contributed by atoms with E-state index in [1.165, 1.54) is 60.9 Å². The molecule has 2 aliphatic heterocycles. The van der Waals surface area contributed by atoms with Crippen molar-refractivity contribution in [3.8, 4) is 0 Å². The first-order valence-electron chi connectivity index (χ1n) is 28.0. The van der Waals surface area contributed by atoms with Crippen molar-refractivity contribution in [1.29, 1.82) is 0 Å². The summed E-state index contributed by atoms with van der Waals surface area (Å²) in [5, 5.41) is 14.6. The zero-order chi connectivity index (χ0) is 59.2. The van der Waals surface area contributed by atoms with Crippen LogP contribution in [0.1, 0.15) is 131 Å². The summed E-state index contributed by atoms with van der Waals surface area (Å²) in [6.07, 6.45) is 9.81. The van der Waals surface area contributed by atoms with Crippen molar-refractivity contribution < 1.29 is 47.1 Å². The summed E-state index contributed by atoms with van der Waals surface area (Å²) in [5.74, 6) is -3.20. The third kappa shape index (κ3) is 15.9. The van der Waals surface area contributed by atoms with E-state index in [2.05, 4.69) is 36.6 Å². The number of anilines is 1. The van der Waals surface area contributed by atoms with Gasteiger partial charge >= 0.3 is 0 Å². The number of hydrogen-bond donors (Lipinski definition) is 5. The number of likely N-dealkylation sites (tertiary alicyclic amines) is 2. The van der Waals surface area contributed by atoms with E-state index in [4.69, 9.17) is 0 Å². The van der Waals surface area contributed by atoms with E-state index in [9.17, 15) is 47.1 Å². The van der Waals surface area contributed by atoms with Gasteiger partial charge in [0.25, 0.3) is 0 Å². The Morgan fingerprint density at radius 1 is 0.542 bits per heavy atom. The van der Waals surface area contributed by atoms with Crippen LogP contribution in [-0.4, -0.2) is 118 Å². The van der Waals surface area contributed by atoms with E-state index in [0.717, 1.165) is 16.7 Å². The molecule has 83 heavy (non-hydrogen) atoms. The Morgan fingerprint density at radius 2 is 0.964 bits per heavy atom. The van der Waals surface area contributed by atoms with Crippen LogP contribution >= 0.6 is 0 Å². The van der Waals surface area contributed by atoms with E-state index >= 15 is 0 Å². The van der Waals surface area contributed by atoms with Gasteiger partial charge in [-0.25, -0.2) is 8.78 Å². The number of nitrogens with zero attached hydrogens (tertiary/aromatic N) is 4. The van der Waals surface area contributed by atoms with Crippen molar-refractivity contribution in [3.05, 3.63) is 196 Å². The predicted octanol–water partition coefficient (Wildman–Crippen LogP) is 7.14. The normalized spacial score (nSPS) is 16.3. The van der Waals surface area contributed by atoms with Crippen LogP contribution in [0.3, 0.4) is 0 Å². The molecule has 2 aromatic heterocycles. The Bertz CT molecular complexity index is 3090. The van der Waals surface area contributed by atoms with Crippen LogP contribution in [-0.2, 0) is 48.0 Å². The number of nitrogens with one attached hydrogen (secondary N) is 5. The summed E-state index contributed by atoms with van der Waals surface area (Å²) in [4.78, 5) is 120. The lowest BCUT2D eigenvalue weighted by molar-refractivity contribution is -0.137. The van der Waals surface area contributed by atoms with Gasteiger partial charge in [-0.05, 0) is 161 Å². The SMILES string of the molecule is CN[C@@H](C)C(=O)N[C@@H](Cc1ccc(CC(=O)CCCC(=O)Nc2ccc(C[C@H](NC(=O)[C@H](C)NC)C(=O)N3CCC[C@H]3c3cncc(C(=O)c4ccc(F)cc4)c3)cc2)cc1)C(=O)N1CCC[C@H]1c1cncc(C(=O)c2ccc(F)cc2)c1. The van der Waals surface area contributed by atoms with Crippen molar-refractivity contribution in [2.45, 2.75) is 114 Å². The second-order valence-corrected chi connectivity index (χ2v) is 21.2. The molecule has 4 aromatic carbocycles. The van der Waals surface area contributed by atoms with E-state index < -0.39 is 47.9 Å². The van der Waals surface area contributed by atoms with Gasteiger partial charge < -0.3 is 36.4 Å². The fourth-order valence-electron chi connectivity index (χ4n) is 10.4. The number of Topliss-reactive ketones (excluding diaryl/α,β-unsaturated/α-hetero) is 1. The van der Waals surface area contributed by atoms with Gasteiger partial charge in [-0.3, -0.25) is 48.3 Å². The second-order valence-electron chi connectivity index (χ2n) is 21.2. The Morgan fingerprint density at radius 3 is 1.40 bits per heavy atom. The fraction of sp³-hybridized carbons (Fsp3) is 0.344. The van der Waals surface area contributed by atoms with Gasteiger partial charge in [-0.15, -0.1) is 0 Å². The molecule has 0 saturated carbocycles. The number of pyridine rings is 2. The number of halogens is 2. The first-order chi connectivity index (χ1) is 40.0. The van der Waals surface area contributed by atoms with Gasteiger partial charge in [0.15, 0.2) is 11.6 Å². The lowest BCUT2D eigenvalue weighted by Crippen LogP contribution is -2.53. The molecule has 0 aliphatic carbocycles. The first-order valence-corrected chi connectivity index (χ1v) is 28.0. The lowest BCUT2D eigenvalue weighted by atomic mass is 9.98. The van der Waals surface area contributed by atoms with Gasteiger partial charge in [0.05, 0.1) is 24.2 Å². The smallest absolute Gasteiger partial charge is 0.246 e. The van der Waals surface area contributed by atoms with Crippen molar-refractivity contribution in [3.63, 3.8) is 0 Å². The monoisotopic (exact) mass is 1130 g/mol. The molecule has 0 spiro atoms. The summed E-state index contributed by atoms with van der Waals surface area (Å²) in [7, 11) is 3.30. The van der Waals surface area contributed by atoms with Crippen LogP contribution in [0.15, 0.2) is 134 Å². The van der Waals surface area contributed by atoms with Crippen LogP contribution in [0, 0.1) is 11.6 Å². The maximum absolute atomic E-state index is 14.4. The van der Waals surface area contributed by atoms with Gasteiger partial charge in [0, 0.05) is 97.9 Å². The molecule has 5 N–H and O–H groups in total. The number of hydrogen-bond acceptors (Lipinski definition) is 12. The Balaban J connectivity index is 0.829. The highest BCUT2D eigenvalue weighted by Crippen LogP contribution is 2.35. The summed E-state index contributed by atoms with van der Waals surface area (Å²) in [6.45, 7) is 4.25. The highest BCUT2D eigenvalue weighted by atomic mass is 19.1. The first kappa shape index (κ1) is 60.4. The molecule has 4 heterocycles. The number of rotatable bonds is 25. The maximum Gasteiger partial charge on any atom is 0.246 e. The Kier molecular flexibility index (Phi) is 20.6. The van der Waals surface area contributed by atoms with Crippen LogP contribution in [0.25, 0.3) is 0 Å². The molecule has 2 fully saturated rings. The summed E-state index contributed by atoms with van der Waals surface area (Å²) in [5.41, 5.74) is 5.34. The second kappa shape index (κ2) is 28.3. The molecule has 6 aromatic rings. The molecular weight excluding hydrogens is 1060 g/mol. The van der Waals surface area contributed by atoms with Crippen molar-refractivity contribution in [1.82, 2.24) is 41.0 Å². The van der Waals surface area contributed by atoms with Gasteiger partial charge in [-0.2, -0.15) is 0 Å². The minimum absolute atomic E-state index is 0.0584. The predicted molar refractivity (Wildman–Crippen MR) is 308 cm³/mol.